The summed E-state index contributed by atoms with van der Waals surface area (Å²) in [6.07, 6.45) is 2.32. The first-order chi connectivity index (χ1) is 12.5. The van der Waals surface area contributed by atoms with Crippen LogP contribution < -0.4 is 35.4 Å². The topological polar surface area (TPSA) is 58.2 Å². The van der Waals surface area contributed by atoms with Gasteiger partial charge in [0.05, 0.1) is 60.4 Å². The predicted molar refractivity (Wildman–Crippen MR) is 115 cm³/mol. The third-order valence-corrected chi connectivity index (χ3v) is 4.76. The predicted octanol–water partition coefficient (Wildman–Crippen LogP) is -4.05. The fourth-order valence-corrected chi connectivity index (χ4v) is 2.54. The van der Waals surface area contributed by atoms with Crippen molar-refractivity contribution >= 4 is 11.8 Å². The molecular formula is C21H44Cl2N4O2. The largest absolute Gasteiger partial charge is 1.00 e. The van der Waals surface area contributed by atoms with Gasteiger partial charge in [-0.25, -0.2) is 0 Å². The summed E-state index contributed by atoms with van der Waals surface area (Å²) in [5.74, 6) is -0.118. The molecule has 0 radical (unpaired) electrons. The van der Waals surface area contributed by atoms with Crippen LogP contribution in [0.1, 0.15) is 34.1 Å². The van der Waals surface area contributed by atoms with Crippen LogP contribution in [0.25, 0.3) is 0 Å². The standard InChI is InChI=1S/C11H22N2O.C10H20N2O.2ClH/c1-5-11(14)12-9-10-13(6-2,7-3)8-4;1-9(2)10(13)11-7-6-8-12(3,4)5;;/h5H,1,6-10H2,2-4H3;1,6-8H2,2-5H3;2*1H. The third kappa shape index (κ3) is 20.0. The maximum absolute atomic E-state index is 11.1. The zero-order chi connectivity index (χ0) is 21.5. The Bertz CT molecular complexity index is 466. The number of nitrogens with zero attached hydrogens (tertiary/aromatic N) is 2. The molecule has 0 fully saturated rings. The van der Waals surface area contributed by atoms with Gasteiger partial charge in [-0.05, 0) is 33.8 Å². The van der Waals surface area contributed by atoms with Gasteiger partial charge in [0.25, 0.3) is 0 Å². The van der Waals surface area contributed by atoms with Gasteiger partial charge >= 0.3 is 0 Å². The average Bonchev–Trinajstić information content (AvgIpc) is 2.62. The molecule has 0 aliphatic rings. The van der Waals surface area contributed by atoms with Gasteiger partial charge in [0, 0.05) is 18.5 Å². The molecule has 174 valence electrons. The van der Waals surface area contributed by atoms with Crippen LogP contribution in [-0.2, 0) is 9.59 Å². The first-order valence-corrected chi connectivity index (χ1v) is 9.96. The van der Waals surface area contributed by atoms with Crippen LogP contribution in [-0.4, -0.2) is 87.7 Å². The Labute approximate surface area is 191 Å². The van der Waals surface area contributed by atoms with Crippen LogP contribution >= 0.6 is 0 Å². The Hall–Kier alpha value is -1.08. The Morgan fingerprint density at radius 1 is 0.897 bits per heavy atom. The van der Waals surface area contributed by atoms with Gasteiger partial charge in [-0.1, -0.05) is 13.2 Å². The van der Waals surface area contributed by atoms with Crippen LogP contribution in [0.15, 0.2) is 24.8 Å². The third-order valence-electron chi connectivity index (χ3n) is 4.76. The number of quaternary nitrogens is 2. The molecule has 0 aliphatic heterocycles. The second-order valence-corrected chi connectivity index (χ2v) is 7.91. The van der Waals surface area contributed by atoms with Gasteiger partial charge < -0.3 is 44.4 Å². The van der Waals surface area contributed by atoms with E-state index in [1.54, 1.807) is 6.92 Å². The number of hydrogen-bond acceptors (Lipinski definition) is 2. The second kappa shape index (κ2) is 18.9. The molecule has 0 aliphatic carbocycles. The van der Waals surface area contributed by atoms with Crippen LogP contribution in [0.2, 0.25) is 0 Å². The molecule has 2 N–H and O–H groups in total. The van der Waals surface area contributed by atoms with E-state index in [0.717, 1.165) is 61.2 Å². The summed E-state index contributed by atoms with van der Waals surface area (Å²) in [6.45, 7) is 22.2. The molecule has 0 aromatic rings. The zero-order valence-corrected chi connectivity index (χ0v) is 21.1. The minimum absolute atomic E-state index is 0. The van der Waals surface area contributed by atoms with Crippen LogP contribution in [0.4, 0.5) is 0 Å². The van der Waals surface area contributed by atoms with E-state index in [9.17, 15) is 9.59 Å². The van der Waals surface area contributed by atoms with E-state index in [2.05, 4.69) is 65.7 Å². The summed E-state index contributed by atoms with van der Waals surface area (Å²) >= 11 is 0. The van der Waals surface area contributed by atoms with Crippen molar-refractivity contribution < 1.29 is 43.4 Å². The number of amides is 2. The van der Waals surface area contributed by atoms with Crippen molar-refractivity contribution in [2.75, 3.05) is 67.0 Å². The van der Waals surface area contributed by atoms with Gasteiger partial charge in [0.2, 0.25) is 11.8 Å². The van der Waals surface area contributed by atoms with Crippen molar-refractivity contribution in [1.82, 2.24) is 10.6 Å². The molecule has 0 saturated carbocycles. The monoisotopic (exact) mass is 454 g/mol. The highest BCUT2D eigenvalue weighted by atomic mass is 35.5. The van der Waals surface area contributed by atoms with E-state index < -0.39 is 0 Å². The number of likely N-dealkylation sites (N-methyl/N-ethyl adjacent to an activating group) is 1. The molecule has 0 rings (SSSR count). The van der Waals surface area contributed by atoms with Gasteiger partial charge in [0.15, 0.2) is 0 Å². The lowest BCUT2D eigenvalue weighted by Gasteiger charge is -2.35. The fraction of sp³-hybridized carbons (Fsp3) is 0.714. The van der Waals surface area contributed by atoms with Crippen LogP contribution in [0.3, 0.4) is 0 Å². The zero-order valence-electron chi connectivity index (χ0n) is 19.6. The van der Waals surface area contributed by atoms with E-state index in [1.807, 2.05) is 0 Å². The summed E-state index contributed by atoms with van der Waals surface area (Å²) in [7, 11) is 6.42. The minimum Gasteiger partial charge on any atom is -1.00 e. The number of hydrogen-bond donors (Lipinski definition) is 2. The molecule has 0 bridgehead atoms. The lowest BCUT2D eigenvalue weighted by atomic mass is 10.3. The Morgan fingerprint density at radius 2 is 1.38 bits per heavy atom. The quantitative estimate of drug-likeness (QED) is 0.179. The maximum Gasteiger partial charge on any atom is 0.246 e. The molecular weight excluding hydrogens is 411 g/mol. The number of carbonyl (C=O) groups is 2. The van der Waals surface area contributed by atoms with Crippen LogP contribution in [0, 0.1) is 0 Å². The summed E-state index contributed by atoms with van der Waals surface area (Å²) in [6, 6.07) is 0. The highest BCUT2D eigenvalue weighted by Gasteiger charge is 2.19. The molecule has 0 aromatic carbocycles. The SMILES string of the molecule is C=C(C)C(=O)NCCC[N+](C)(C)C.C=CC(=O)NCC[N+](CC)(CC)CC.[Cl-].[Cl-]. The van der Waals surface area contributed by atoms with Gasteiger partial charge in [-0.2, -0.15) is 0 Å². The average molecular weight is 456 g/mol. The molecule has 6 nitrogen and oxygen atoms in total. The Balaban J connectivity index is -0.000000202. The van der Waals surface area contributed by atoms with Crippen molar-refractivity contribution in [3.8, 4) is 0 Å². The summed E-state index contributed by atoms with van der Waals surface area (Å²) in [5, 5.41) is 5.62. The molecule has 0 heterocycles. The Kier molecular flexibility index (Phi) is 23.1. The smallest absolute Gasteiger partial charge is 0.246 e. The van der Waals surface area contributed by atoms with Crippen molar-refractivity contribution in [3.05, 3.63) is 24.8 Å². The Morgan fingerprint density at radius 3 is 1.72 bits per heavy atom. The second-order valence-electron chi connectivity index (χ2n) is 7.91. The van der Waals surface area contributed by atoms with E-state index in [4.69, 9.17) is 0 Å². The molecule has 0 unspecified atom stereocenters. The van der Waals surface area contributed by atoms with Crippen molar-refractivity contribution in [3.63, 3.8) is 0 Å². The van der Waals surface area contributed by atoms with Gasteiger partial charge in [-0.15, -0.1) is 0 Å². The van der Waals surface area contributed by atoms with Crippen LogP contribution in [0.5, 0.6) is 0 Å². The lowest BCUT2D eigenvalue weighted by Crippen LogP contribution is -3.00. The first kappa shape index (κ1) is 35.4. The highest BCUT2D eigenvalue weighted by Crippen LogP contribution is 2.03. The molecule has 29 heavy (non-hydrogen) atoms. The van der Waals surface area contributed by atoms with E-state index in [0.29, 0.717) is 5.57 Å². The molecule has 0 spiro atoms. The van der Waals surface area contributed by atoms with Crippen molar-refractivity contribution in [1.29, 1.82) is 0 Å². The molecule has 0 saturated heterocycles. The highest BCUT2D eigenvalue weighted by molar-refractivity contribution is 5.92. The summed E-state index contributed by atoms with van der Waals surface area (Å²) < 4.78 is 2.00. The first-order valence-electron chi connectivity index (χ1n) is 9.96. The fourth-order valence-electron chi connectivity index (χ4n) is 2.54. The van der Waals surface area contributed by atoms with Gasteiger partial charge in [0.1, 0.15) is 0 Å². The molecule has 2 amide bonds. The van der Waals surface area contributed by atoms with E-state index in [-0.39, 0.29) is 36.6 Å². The number of halogens is 2. The minimum atomic E-state index is -0.0774. The lowest BCUT2D eigenvalue weighted by molar-refractivity contribution is -0.922. The van der Waals surface area contributed by atoms with E-state index >= 15 is 0 Å². The summed E-state index contributed by atoms with van der Waals surface area (Å²) in [5.41, 5.74) is 0.574. The number of rotatable bonds is 12. The number of carbonyl (C=O) groups excluding carboxylic acids is 2. The van der Waals surface area contributed by atoms with Gasteiger partial charge in [-0.3, -0.25) is 9.59 Å². The molecule has 0 atom stereocenters. The summed E-state index contributed by atoms with van der Waals surface area (Å²) in [4.78, 5) is 22.0. The van der Waals surface area contributed by atoms with Crippen molar-refractivity contribution in [2.24, 2.45) is 0 Å². The maximum atomic E-state index is 11.1. The molecule has 8 heteroatoms. The normalized spacial score (nSPS) is 10.3. The van der Waals surface area contributed by atoms with Crippen molar-refractivity contribution in [2.45, 2.75) is 34.1 Å². The molecule has 0 aromatic heterocycles. The number of nitrogens with one attached hydrogen (secondary N) is 2. The van der Waals surface area contributed by atoms with E-state index in [1.165, 1.54) is 6.08 Å².